The van der Waals surface area contributed by atoms with E-state index in [1.54, 1.807) is 45.9 Å². The Kier molecular flexibility index (Phi) is 7.48. The fourth-order valence-corrected chi connectivity index (χ4v) is 3.81. The van der Waals surface area contributed by atoms with Crippen LogP contribution in [0, 0.1) is 0 Å². The highest BCUT2D eigenvalue weighted by atomic mass is 16.8. The largest absolute Gasteiger partial charge is 0.490 e. The Morgan fingerprint density at radius 1 is 0.875 bits per heavy atom. The van der Waals surface area contributed by atoms with Gasteiger partial charge in [0.05, 0.1) is 13.2 Å². The Morgan fingerprint density at radius 2 is 1.28 bits per heavy atom. The molecule has 180 valence electrons. The molecule has 5 N–H and O–H groups in total. The van der Waals surface area contributed by atoms with Crippen molar-refractivity contribution in [3.63, 3.8) is 0 Å². The van der Waals surface area contributed by atoms with Crippen LogP contribution in [-0.4, -0.2) is 83.7 Å². The fraction of sp³-hybridized carbons (Fsp3) is 0.667. The quantitative estimate of drug-likeness (QED) is 0.179. The summed E-state index contributed by atoms with van der Waals surface area (Å²) in [7, 11) is 0. The van der Waals surface area contributed by atoms with Crippen molar-refractivity contribution in [2.24, 2.45) is 10.9 Å². The van der Waals surface area contributed by atoms with Crippen molar-refractivity contribution in [2.75, 3.05) is 26.4 Å². The number of aliphatic hydroxyl groups is 2. The summed E-state index contributed by atoms with van der Waals surface area (Å²) < 4.78 is 34.6. The molecule has 4 atom stereocenters. The van der Waals surface area contributed by atoms with Crippen molar-refractivity contribution in [3.05, 3.63) is 23.8 Å². The molecule has 32 heavy (non-hydrogen) atoms. The van der Waals surface area contributed by atoms with Gasteiger partial charge in [0.25, 0.3) is 0 Å². The van der Waals surface area contributed by atoms with Crippen LogP contribution in [0.4, 0.5) is 0 Å². The summed E-state index contributed by atoms with van der Waals surface area (Å²) in [6.07, 6.45) is -2.13. The number of nitrogens with zero attached hydrogens (tertiary/aromatic N) is 1. The third-order valence-electron chi connectivity index (χ3n) is 5.09. The maximum Gasteiger partial charge on any atom is 0.177 e. The van der Waals surface area contributed by atoms with Crippen molar-refractivity contribution < 1.29 is 43.8 Å². The number of rotatable bonds is 9. The van der Waals surface area contributed by atoms with Crippen molar-refractivity contribution in [1.29, 1.82) is 0 Å². The predicted octanol–water partition coefficient (Wildman–Crippen LogP) is 0.564. The topological polar surface area (TPSA) is 154 Å². The molecule has 11 heteroatoms. The molecule has 2 heterocycles. The predicted molar refractivity (Wildman–Crippen MR) is 112 cm³/mol. The van der Waals surface area contributed by atoms with Crippen LogP contribution < -0.4 is 15.2 Å². The molecule has 2 aliphatic rings. The van der Waals surface area contributed by atoms with Crippen LogP contribution in [0.15, 0.2) is 23.4 Å². The van der Waals surface area contributed by atoms with Crippen LogP contribution in [-0.2, 0) is 18.9 Å². The number of hydrogen-bond acceptors (Lipinski definition) is 10. The van der Waals surface area contributed by atoms with Gasteiger partial charge in [-0.2, -0.15) is 0 Å². The lowest BCUT2D eigenvalue weighted by Gasteiger charge is -2.21. The Labute approximate surface area is 186 Å². The molecular formula is C21H32N2O9. The molecule has 0 aromatic heterocycles. The number of ether oxygens (including phenoxy) is 6. The molecule has 1 aromatic carbocycles. The van der Waals surface area contributed by atoms with E-state index >= 15 is 0 Å². The van der Waals surface area contributed by atoms with E-state index < -0.39 is 36.0 Å². The van der Waals surface area contributed by atoms with Gasteiger partial charge in [-0.3, -0.25) is 0 Å². The maximum atomic E-state index is 9.55. The Bertz CT molecular complexity index is 760. The van der Waals surface area contributed by atoms with Gasteiger partial charge in [-0.25, -0.2) is 0 Å². The molecule has 0 radical (unpaired) electrons. The standard InChI is InChI=1S/C21H32N2O9/c1-20(2)29-14(8-24)16(31-20)10-27-12-6-5-7-13(18(12)19(22)23-26)28-11-17-15(9-25)30-21(3,4)32-17/h5-7,14-17,24-26H,8-11H2,1-4H3,(H2,22,23)/t14-,15-,16-,17-/m0/s1. The van der Waals surface area contributed by atoms with E-state index in [1.165, 1.54) is 0 Å². The SMILES string of the molecule is CC1(C)O[C@@H](CO)[C@H](COc2cccc(OC[C@@H]3OC(C)(C)O[C@H]3CO)c2/C(N)=N/O)O1. The van der Waals surface area contributed by atoms with Crippen LogP contribution in [0.1, 0.15) is 33.3 Å². The number of benzene rings is 1. The number of hydrogen-bond donors (Lipinski definition) is 4. The van der Waals surface area contributed by atoms with Crippen molar-refractivity contribution >= 4 is 5.84 Å². The molecule has 0 amide bonds. The van der Waals surface area contributed by atoms with E-state index in [0.29, 0.717) is 11.5 Å². The maximum absolute atomic E-state index is 9.55. The second-order valence-electron chi connectivity index (χ2n) is 8.53. The van der Waals surface area contributed by atoms with Gasteiger partial charge >= 0.3 is 0 Å². The van der Waals surface area contributed by atoms with Gasteiger partial charge in [0.1, 0.15) is 54.7 Å². The molecule has 0 bridgehead atoms. The third kappa shape index (κ3) is 5.61. The smallest absolute Gasteiger partial charge is 0.177 e. The summed E-state index contributed by atoms with van der Waals surface area (Å²) in [4.78, 5) is 0. The van der Waals surface area contributed by atoms with E-state index in [-0.39, 0.29) is 37.8 Å². The van der Waals surface area contributed by atoms with Crippen molar-refractivity contribution in [2.45, 2.75) is 63.7 Å². The number of amidine groups is 1. The van der Waals surface area contributed by atoms with Gasteiger partial charge in [-0.15, -0.1) is 0 Å². The second-order valence-corrected chi connectivity index (χ2v) is 8.53. The lowest BCUT2D eigenvalue weighted by molar-refractivity contribution is -0.151. The lowest BCUT2D eigenvalue weighted by Crippen LogP contribution is -2.33. The minimum absolute atomic E-state index is 0.0597. The van der Waals surface area contributed by atoms with E-state index in [9.17, 15) is 15.4 Å². The average Bonchev–Trinajstić information content (AvgIpc) is 3.23. The summed E-state index contributed by atoms with van der Waals surface area (Å²) in [5.41, 5.74) is 6.15. The van der Waals surface area contributed by atoms with Crippen LogP contribution in [0.3, 0.4) is 0 Å². The Morgan fingerprint density at radius 3 is 1.66 bits per heavy atom. The monoisotopic (exact) mass is 456 g/mol. The highest BCUT2D eigenvalue weighted by Gasteiger charge is 2.42. The van der Waals surface area contributed by atoms with Gasteiger partial charge in [-0.05, 0) is 39.8 Å². The molecule has 0 unspecified atom stereocenters. The molecule has 1 aromatic rings. The summed E-state index contributed by atoms with van der Waals surface area (Å²) in [5.74, 6) is -1.31. The van der Waals surface area contributed by atoms with Crippen LogP contribution >= 0.6 is 0 Å². The first-order valence-electron chi connectivity index (χ1n) is 10.4. The molecule has 0 aliphatic carbocycles. The first kappa shape index (κ1) is 24.5. The van der Waals surface area contributed by atoms with Gasteiger partial charge in [0, 0.05) is 0 Å². The molecule has 2 aliphatic heterocycles. The first-order valence-corrected chi connectivity index (χ1v) is 10.4. The molecule has 11 nitrogen and oxygen atoms in total. The average molecular weight is 456 g/mol. The summed E-state index contributed by atoms with van der Waals surface area (Å²) in [6.45, 7) is 6.68. The van der Waals surface area contributed by atoms with Gasteiger partial charge in [0.2, 0.25) is 0 Å². The van der Waals surface area contributed by atoms with E-state index in [1.807, 2.05) is 0 Å². The number of oxime groups is 1. The molecule has 0 saturated carbocycles. The van der Waals surface area contributed by atoms with Gasteiger partial charge < -0.3 is 49.6 Å². The van der Waals surface area contributed by atoms with Gasteiger partial charge in [-0.1, -0.05) is 11.2 Å². The van der Waals surface area contributed by atoms with Crippen LogP contribution in [0.25, 0.3) is 0 Å². The minimum atomic E-state index is -0.846. The minimum Gasteiger partial charge on any atom is -0.490 e. The molecule has 3 rings (SSSR count). The van der Waals surface area contributed by atoms with Crippen molar-refractivity contribution in [3.8, 4) is 11.5 Å². The molecule has 2 saturated heterocycles. The van der Waals surface area contributed by atoms with E-state index in [4.69, 9.17) is 34.2 Å². The first-order chi connectivity index (χ1) is 15.1. The van der Waals surface area contributed by atoms with Crippen LogP contribution in [0.5, 0.6) is 11.5 Å². The fourth-order valence-electron chi connectivity index (χ4n) is 3.81. The number of nitrogens with two attached hydrogens (primary N) is 1. The molecule has 0 spiro atoms. The number of aliphatic hydroxyl groups excluding tert-OH is 2. The second kappa shape index (κ2) is 9.77. The summed E-state index contributed by atoms with van der Waals surface area (Å²) >= 11 is 0. The van der Waals surface area contributed by atoms with Gasteiger partial charge in [0.15, 0.2) is 17.4 Å². The zero-order valence-corrected chi connectivity index (χ0v) is 18.7. The molecule has 2 fully saturated rings. The van der Waals surface area contributed by atoms with E-state index in [2.05, 4.69) is 5.16 Å². The van der Waals surface area contributed by atoms with Crippen LogP contribution in [0.2, 0.25) is 0 Å². The summed E-state index contributed by atoms with van der Waals surface area (Å²) in [6, 6.07) is 4.98. The normalized spacial score (nSPS) is 29.2. The van der Waals surface area contributed by atoms with E-state index in [0.717, 1.165) is 0 Å². The summed E-state index contributed by atoms with van der Waals surface area (Å²) in [5, 5.41) is 31.5. The molecular weight excluding hydrogens is 424 g/mol. The Balaban J connectivity index is 1.75. The zero-order chi connectivity index (χ0) is 23.5. The third-order valence-corrected chi connectivity index (χ3v) is 5.09. The zero-order valence-electron chi connectivity index (χ0n) is 18.7. The Hall–Kier alpha value is -2.15. The lowest BCUT2D eigenvalue weighted by atomic mass is 10.1. The highest BCUT2D eigenvalue weighted by molar-refractivity contribution is 6.02. The highest BCUT2D eigenvalue weighted by Crippen LogP contribution is 2.33. The van der Waals surface area contributed by atoms with Crippen molar-refractivity contribution in [1.82, 2.24) is 0 Å².